The molecule has 1 aromatic heterocycles. The quantitative estimate of drug-likeness (QED) is 0.734. The molecule has 9 heteroatoms. The highest BCUT2D eigenvalue weighted by Crippen LogP contribution is 2.18. The number of rotatable bonds is 4. The second-order valence-corrected chi connectivity index (χ2v) is 8.88. The first-order chi connectivity index (χ1) is 11.8. The number of hydrogen-bond acceptors (Lipinski definition) is 5. The molecule has 0 bridgehead atoms. The van der Waals surface area contributed by atoms with Crippen LogP contribution in [0.1, 0.15) is 0 Å². The molecule has 0 amide bonds. The molecule has 134 valence electrons. The fourth-order valence-electron chi connectivity index (χ4n) is 2.72. The number of sulfonamides is 1. The number of hydrogen-bond donors (Lipinski definition) is 0. The van der Waals surface area contributed by atoms with Gasteiger partial charge in [-0.25, -0.2) is 13.1 Å². The van der Waals surface area contributed by atoms with Crippen LogP contribution in [0.3, 0.4) is 0 Å². The van der Waals surface area contributed by atoms with Crippen LogP contribution < -0.4 is 5.56 Å². The maximum absolute atomic E-state index is 12.1. The molecule has 1 saturated heterocycles. The summed E-state index contributed by atoms with van der Waals surface area (Å²) in [6.07, 6.45) is 1.22. The summed E-state index contributed by atoms with van der Waals surface area (Å²) in [6.45, 7) is 2.36. The molecular weight excluding hydrogens is 408 g/mol. The molecule has 25 heavy (non-hydrogen) atoms. The third-order valence-corrected chi connectivity index (χ3v) is 5.97. The van der Waals surface area contributed by atoms with Crippen molar-refractivity contribution in [2.75, 3.05) is 32.4 Å². The molecule has 1 aliphatic heterocycles. The minimum atomic E-state index is -3.16. The summed E-state index contributed by atoms with van der Waals surface area (Å²) in [5.74, 6) is 0. The molecule has 1 fully saturated rings. The first-order valence-electron chi connectivity index (χ1n) is 7.84. The molecule has 3 rings (SSSR count). The normalized spacial score (nSPS) is 16.9. The van der Waals surface area contributed by atoms with Gasteiger partial charge in [-0.05, 0) is 18.2 Å². The van der Waals surface area contributed by atoms with Crippen LogP contribution in [0.5, 0.6) is 0 Å². The van der Waals surface area contributed by atoms with Crippen LogP contribution in [0, 0.1) is 0 Å². The maximum atomic E-state index is 12.1. The second kappa shape index (κ2) is 7.36. The van der Waals surface area contributed by atoms with Crippen molar-refractivity contribution in [1.29, 1.82) is 0 Å². The van der Waals surface area contributed by atoms with E-state index in [0.717, 1.165) is 15.7 Å². The van der Waals surface area contributed by atoms with Crippen LogP contribution in [-0.4, -0.2) is 59.8 Å². The van der Waals surface area contributed by atoms with Crippen LogP contribution in [0.4, 0.5) is 0 Å². The minimum Gasteiger partial charge on any atom is -0.282 e. The van der Waals surface area contributed by atoms with E-state index in [1.165, 1.54) is 21.3 Å². The fourth-order valence-corrected chi connectivity index (χ4v) is 3.81. The monoisotopic (exact) mass is 426 g/mol. The average Bonchev–Trinajstić information content (AvgIpc) is 2.57. The van der Waals surface area contributed by atoms with Crippen LogP contribution in [0.2, 0.25) is 0 Å². The smallest absolute Gasteiger partial charge is 0.268 e. The Hall–Kier alpha value is -1.55. The van der Waals surface area contributed by atoms with Crippen molar-refractivity contribution in [3.63, 3.8) is 0 Å². The minimum absolute atomic E-state index is 0.175. The van der Waals surface area contributed by atoms with E-state index in [0.29, 0.717) is 32.8 Å². The lowest BCUT2D eigenvalue weighted by Gasteiger charge is -2.33. The molecule has 0 radical (unpaired) electrons. The number of piperazine rings is 1. The van der Waals surface area contributed by atoms with E-state index in [2.05, 4.69) is 21.0 Å². The molecule has 0 N–H and O–H groups in total. The third kappa shape index (κ3) is 4.55. The van der Waals surface area contributed by atoms with E-state index in [-0.39, 0.29) is 5.56 Å². The van der Waals surface area contributed by atoms with Crippen molar-refractivity contribution in [2.24, 2.45) is 0 Å². The zero-order chi connectivity index (χ0) is 18.0. The Bertz CT molecular complexity index is 904. The number of benzene rings is 1. The van der Waals surface area contributed by atoms with Gasteiger partial charge < -0.3 is 0 Å². The van der Waals surface area contributed by atoms with E-state index in [4.69, 9.17) is 0 Å². The fraction of sp³-hybridized carbons (Fsp3) is 0.375. The van der Waals surface area contributed by atoms with E-state index in [9.17, 15) is 13.2 Å². The Morgan fingerprint density at radius 2 is 1.68 bits per heavy atom. The van der Waals surface area contributed by atoms with Crippen LogP contribution in [-0.2, 0) is 16.7 Å². The molecule has 0 spiro atoms. The van der Waals surface area contributed by atoms with Gasteiger partial charge in [0.25, 0.3) is 5.56 Å². The maximum Gasteiger partial charge on any atom is 0.268 e. The summed E-state index contributed by atoms with van der Waals surface area (Å²) in [5, 5.41) is 4.45. The molecule has 2 heterocycles. The highest BCUT2D eigenvalue weighted by molar-refractivity contribution is 9.10. The van der Waals surface area contributed by atoms with E-state index >= 15 is 0 Å². The topological polar surface area (TPSA) is 75.5 Å². The largest absolute Gasteiger partial charge is 0.282 e. The second-order valence-electron chi connectivity index (χ2n) is 5.98. The zero-order valence-corrected chi connectivity index (χ0v) is 16.2. The van der Waals surface area contributed by atoms with Crippen LogP contribution >= 0.6 is 15.9 Å². The van der Waals surface area contributed by atoms with Crippen LogP contribution in [0.25, 0.3) is 11.3 Å². The molecule has 7 nitrogen and oxygen atoms in total. The predicted molar refractivity (Wildman–Crippen MR) is 99.6 cm³/mol. The summed E-state index contributed by atoms with van der Waals surface area (Å²) < 4.78 is 27.0. The van der Waals surface area contributed by atoms with Crippen molar-refractivity contribution in [3.8, 4) is 11.3 Å². The summed E-state index contributed by atoms with van der Waals surface area (Å²) in [5.41, 5.74) is 1.48. The molecule has 0 saturated carbocycles. The molecule has 1 aromatic carbocycles. The van der Waals surface area contributed by atoms with Crippen molar-refractivity contribution in [2.45, 2.75) is 6.67 Å². The Labute approximate surface area is 155 Å². The first-order valence-corrected chi connectivity index (χ1v) is 10.5. The molecule has 2 aromatic rings. The Morgan fingerprint density at radius 1 is 1.04 bits per heavy atom. The van der Waals surface area contributed by atoms with Gasteiger partial charge in [0.2, 0.25) is 10.0 Å². The van der Waals surface area contributed by atoms with Gasteiger partial charge in [-0.15, -0.1) is 0 Å². The van der Waals surface area contributed by atoms with Gasteiger partial charge in [-0.2, -0.15) is 9.40 Å². The predicted octanol–water partition coefficient (Wildman–Crippen LogP) is 1.21. The molecule has 0 aliphatic carbocycles. The van der Waals surface area contributed by atoms with Gasteiger partial charge >= 0.3 is 0 Å². The summed E-state index contributed by atoms with van der Waals surface area (Å²) in [7, 11) is -3.16. The lowest BCUT2D eigenvalue weighted by Crippen LogP contribution is -2.49. The third-order valence-electron chi connectivity index (χ3n) is 4.14. The van der Waals surface area contributed by atoms with Gasteiger partial charge in [-0.3, -0.25) is 9.69 Å². The Kier molecular flexibility index (Phi) is 5.38. The molecular formula is C16H19BrN4O3S. The summed E-state index contributed by atoms with van der Waals surface area (Å²) in [6, 6.07) is 11.0. The molecule has 0 unspecified atom stereocenters. The standard InChI is InChI=1S/C16H19BrN4O3S/c1-25(23,24)20-10-8-19(9-11-20)12-21-16(22)7-6-15(18-21)13-2-4-14(17)5-3-13/h2-7H,8-12H2,1H3. The van der Waals surface area contributed by atoms with Gasteiger partial charge in [0.15, 0.2) is 0 Å². The average molecular weight is 427 g/mol. The number of aromatic nitrogens is 2. The Balaban J connectivity index is 1.74. The lowest BCUT2D eigenvalue weighted by atomic mass is 10.1. The van der Waals surface area contributed by atoms with Gasteiger partial charge in [0.05, 0.1) is 18.6 Å². The first kappa shape index (κ1) is 18.2. The zero-order valence-electron chi connectivity index (χ0n) is 13.8. The summed E-state index contributed by atoms with van der Waals surface area (Å²) >= 11 is 3.40. The van der Waals surface area contributed by atoms with Crippen LogP contribution in [0.15, 0.2) is 45.7 Å². The highest BCUT2D eigenvalue weighted by Gasteiger charge is 2.23. The highest BCUT2D eigenvalue weighted by atomic mass is 79.9. The molecule has 1 aliphatic rings. The van der Waals surface area contributed by atoms with Crippen molar-refractivity contribution >= 4 is 26.0 Å². The van der Waals surface area contributed by atoms with Crippen molar-refractivity contribution in [1.82, 2.24) is 19.0 Å². The number of nitrogens with zero attached hydrogens (tertiary/aromatic N) is 4. The molecule has 0 atom stereocenters. The van der Waals surface area contributed by atoms with Crippen molar-refractivity contribution in [3.05, 3.63) is 51.2 Å². The van der Waals surface area contributed by atoms with E-state index in [1.54, 1.807) is 6.07 Å². The summed E-state index contributed by atoms with van der Waals surface area (Å²) in [4.78, 5) is 14.1. The van der Waals surface area contributed by atoms with Gasteiger partial charge in [0, 0.05) is 42.3 Å². The van der Waals surface area contributed by atoms with Crippen molar-refractivity contribution < 1.29 is 8.42 Å². The Morgan fingerprint density at radius 3 is 2.28 bits per heavy atom. The lowest BCUT2D eigenvalue weighted by molar-refractivity contribution is 0.143. The van der Waals surface area contributed by atoms with Gasteiger partial charge in [0.1, 0.15) is 0 Å². The van der Waals surface area contributed by atoms with E-state index in [1.807, 2.05) is 29.2 Å². The number of halogens is 1. The van der Waals surface area contributed by atoms with E-state index < -0.39 is 10.0 Å². The SMILES string of the molecule is CS(=O)(=O)N1CCN(Cn2nc(-c3ccc(Br)cc3)ccc2=O)CC1. The van der Waals surface area contributed by atoms with Gasteiger partial charge in [-0.1, -0.05) is 28.1 Å².